The Morgan fingerprint density at radius 1 is 1.35 bits per heavy atom. The molecule has 0 unspecified atom stereocenters. The second-order valence-electron chi connectivity index (χ2n) is 4.45. The number of benzene rings is 1. The zero-order chi connectivity index (χ0) is 15.0. The second-order valence-corrected chi connectivity index (χ2v) is 4.45. The van der Waals surface area contributed by atoms with Crippen LogP contribution in [0, 0.1) is 25.5 Å². The van der Waals surface area contributed by atoms with E-state index in [2.05, 4.69) is 10.4 Å². The maximum absolute atomic E-state index is 13.8. The van der Waals surface area contributed by atoms with Gasteiger partial charge in [0.2, 0.25) is 0 Å². The van der Waals surface area contributed by atoms with Crippen molar-refractivity contribution in [2.75, 3.05) is 11.1 Å². The van der Waals surface area contributed by atoms with Gasteiger partial charge in [-0.3, -0.25) is 9.48 Å². The molecule has 0 saturated carbocycles. The fraction of sp³-hybridized carbons (Fsp3) is 0.231. The summed E-state index contributed by atoms with van der Waals surface area (Å²) in [6.07, 6.45) is 0. The van der Waals surface area contributed by atoms with Gasteiger partial charge in [0.15, 0.2) is 5.82 Å². The number of amides is 1. The summed E-state index contributed by atoms with van der Waals surface area (Å²) < 4.78 is 29.0. The first-order valence-corrected chi connectivity index (χ1v) is 5.88. The van der Waals surface area contributed by atoms with Crippen LogP contribution in [0.2, 0.25) is 0 Å². The predicted molar refractivity (Wildman–Crippen MR) is 71.4 cm³/mol. The maximum Gasteiger partial charge on any atom is 0.261 e. The van der Waals surface area contributed by atoms with Crippen molar-refractivity contribution in [1.29, 1.82) is 0 Å². The number of rotatable bonds is 2. The molecule has 3 N–H and O–H groups in total. The van der Waals surface area contributed by atoms with Crippen molar-refractivity contribution in [3.63, 3.8) is 0 Å². The SMILES string of the molecule is Cc1nn(C)c(C)c1NC(=O)c1c(F)ccc(N)c1F. The summed E-state index contributed by atoms with van der Waals surface area (Å²) in [5.41, 5.74) is 6.03. The molecule has 0 aliphatic heterocycles. The number of aromatic nitrogens is 2. The van der Waals surface area contributed by atoms with Crippen molar-refractivity contribution >= 4 is 17.3 Å². The van der Waals surface area contributed by atoms with Gasteiger partial charge in [-0.15, -0.1) is 0 Å². The minimum atomic E-state index is -1.07. The highest BCUT2D eigenvalue weighted by atomic mass is 19.1. The predicted octanol–water partition coefficient (Wildman–Crippen LogP) is 2.15. The number of carbonyl (C=O) groups excluding carboxylic acids is 1. The van der Waals surface area contributed by atoms with Crippen LogP contribution in [0.15, 0.2) is 12.1 Å². The molecule has 20 heavy (non-hydrogen) atoms. The maximum atomic E-state index is 13.8. The lowest BCUT2D eigenvalue weighted by atomic mass is 10.1. The fourth-order valence-corrected chi connectivity index (χ4v) is 1.91. The minimum absolute atomic E-state index is 0.281. The zero-order valence-corrected chi connectivity index (χ0v) is 11.3. The van der Waals surface area contributed by atoms with Crippen LogP contribution in [-0.4, -0.2) is 15.7 Å². The van der Waals surface area contributed by atoms with E-state index < -0.39 is 23.1 Å². The summed E-state index contributed by atoms with van der Waals surface area (Å²) in [6, 6.07) is 2.03. The third-order valence-electron chi connectivity index (χ3n) is 3.10. The highest BCUT2D eigenvalue weighted by Crippen LogP contribution is 2.23. The Hall–Kier alpha value is -2.44. The third-order valence-corrected chi connectivity index (χ3v) is 3.10. The Balaban J connectivity index is 2.41. The van der Waals surface area contributed by atoms with Crippen LogP contribution < -0.4 is 11.1 Å². The number of hydrogen-bond acceptors (Lipinski definition) is 3. The van der Waals surface area contributed by atoms with Crippen LogP contribution in [0.3, 0.4) is 0 Å². The number of halogens is 2. The fourth-order valence-electron chi connectivity index (χ4n) is 1.91. The molecule has 5 nitrogen and oxygen atoms in total. The molecule has 2 aromatic rings. The van der Waals surface area contributed by atoms with Crippen LogP contribution in [0.4, 0.5) is 20.2 Å². The summed E-state index contributed by atoms with van der Waals surface area (Å²) in [5.74, 6) is -2.93. The van der Waals surface area contributed by atoms with Gasteiger partial charge in [0, 0.05) is 7.05 Å². The number of carbonyl (C=O) groups is 1. The minimum Gasteiger partial charge on any atom is -0.396 e. The van der Waals surface area contributed by atoms with E-state index in [9.17, 15) is 13.6 Å². The highest BCUT2D eigenvalue weighted by Gasteiger charge is 2.21. The van der Waals surface area contributed by atoms with Gasteiger partial charge in [0.05, 0.1) is 22.8 Å². The van der Waals surface area contributed by atoms with E-state index >= 15 is 0 Å². The highest BCUT2D eigenvalue weighted by molar-refractivity contribution is 6.05. The van der Waals surface area contributed by atoms with Crippen LogP contribution >= 0.6 is 0 Å². The first-order chi connectivity index (χ1) is 9.32. The average molecular weight is 280 g/mol. The molecular weight excluding hydrogens is 266 g/mol. The summed E-state index contributed by atoms with van der Waals surface area (Å²) in [7, 11) is 1.71. The van der Waals surface area contributed by atoms with E-state index in [-0.39, 0.29) is 5.69 Å². The van der Waals surface area contributed by atoms with Gasteiger partial charge in [-0.25, -0.2) is 8.78 Å². The number of nitrogens with one attached hydrogen (secondary N) is 1. The molecular formula is C13H14F2N4O. The molecule has 0 radical (unpaired) electrons. The first kappa shape index (κ1) is 14.0. The van der Waals surface area contributed by atoms with E-state index in [0.717, 1.165) is 12.1 Å². The summed E-state index contributed by atoms with van der Waals surface area (Å²) in [5, 5.41) is 6.58. The van der Waals surface area contributed by atoms with E-state index in [1.54, 1.807) is 25.6 Å². The Kier molecular flexibility index (Phi) is 3.44. The number of hydrogen-bond donors (Lipinski definition) is 2. The summed E-state index contributed by atoms with van der Waals surface area (Å²) >= 11 is 0. The van der Waals surface area contributed by atoms with Crippen molar-refractivity contribution in [2.24, 2.45) is 7.05 Å². The van der Waals surface area contributed by atoms with Gasteiger partial charge in [-0.1, -0.05) is 0 Å². The van der Waals surface area contributed by atoms with Crippen molar-refractivity contribution in [3.8, 4) is 0 Å². The third kappa shape index (κ3) is 2.22. The van der Waals surface area contributed by atoms with Crippen molar-refractivity contribution in [1.82, 2.24) is 9.78 Å². The lowest BCUT2D eigenvalue weighted by Gasteiger charge is -2.08. The molecule has 0 aliphatic rings. The molecule has 1 heterocycles. The number of nitrogens with zero attached hydrogens (tertiary/aromatic N) is 2. The normalized spacial score (nSPS) is 10.7. The second kappa shape index (κ2) is 4.92. The molecule has 0 bridgehead atoms. The quantitative estimate of drug-likeness (QED) is 0.828. The van der Waals surface area contributed by atoms with Gasteiger partial charge >= 0.3 is 0 Å². The monoisotopic (exact) mass is 280 g/mol. The van der Waals surface area contributed by atoms with Crippen LogP contribution in [0.1, 0.15) is 21.7 Å². The molecule has 0 saturated heterocycles. The first-order valence-electron chi connectivity index (χ1n) is 5.88. The zero-order valence-electron chi connectivity index (χ0n) is 11.3. The van der Waals surface area contributed by atoms with Crippen LogP contribution in [0.25, 0.3) is 0 Å². The Bertz CT molecular complexity index is 694. The standard InChI is InChI=1S/C13H14F2N4O/c1-6-12(7(2)19(3)18-6)17-13(20)10-8(14)4-5-9(16)11(10)15/h4-5H,16H2,1-3H3,(H,17,20). The van der Waals surface area contributed by atoms with Crippen molar-refractivity contribution < 1.29 is 13.6 Å². The summed E-state index contributed by atoms with van der Waals surface area (Å²) in [6.45, 7) is 3.43. The van der Waals surface area contributed by atoms with E-state index in [1.165, 1.54) is 0 Å². The van der Waals surface area contributed by atoms with Crippen molar-refractivity contribution in [3.05, 3.63) is 40.7 Å². The lowest BCUT2D eigenvalue weighted by molar-refractivity contribution is 0.101. The Morgan fingerprint density at radius 3 is 2.55 bits per heavy atom. The van der Waals surface area contributed by atoms with Crippen molar-refractivity contribution in [2.45, 2.75) is 13.8 Å². The average Bonchev–Trinajstić information content (AvgIpc) is 2.61. The molecule has 0 atom stereocenters. The van der Waals surface area contributed by atoms with Crippen LogP contribution in [0.5, 0.6) is 0 Å². The van der Waals surface area contributed by atoms with E-state index in [1.807, 2.05) is 0 Å². The molecule has 106 valence electrons. The molecule has 0 fully saturated rings. The molecule has 0 spiro atoms. The smallest absolute Gasteiger partial charge is 0.261 e. The number of anilines is 2. The van der Waals surface area contributed by atoms with Gasteiger partial charge in [-0.05, 0) is 26.0 Å². The largest absolute Gasteiger partial charge is 0.396 e. The summed E-state index contributed by atoms with van der Waals surface area (Å²) in [4.78, 5) is 12.0. The molecule has 1 amide bonds. The van der Waals surface area contributed by atoms with Gasteiger partial charge in [-0.2, -0.15) is 5.10 Å². The van der Waals surface area contributed by atoms with Crippen LogP contribution in [-0.2, 0) is 7.05 Å². The van der Waals surface area contributed by atoms with Gasteiger partial charge in [0.1, 0.15) is 11.4 Å². The Labute approximate surface area is 114 Å². The number of aryl methyl sites for hydroxylation is 2. The van der Waals surface area contributed by atoms with Gasteiger partial charge < -0.3 is 11.1 Å². The molecule has 1 aromatic heterocycles. The lowest BCUT2D eigenvalue weighted by Crippen LogP contribution is -2.17. The number of nitrogens with two attached hydrogens (primary N) is 1. The molecule has 7 heteroatoms. The molecule has 2 rings (SSSR count). The van der Waals surface area contributed by atoms with Gasteiger partial charge in [0.25, 0.3) is 5.91 Å². The van der Waals surface area contributed by atoms with E-state index in [0.29, 0.717) is 17.1 Å². The number of nitrogen functional groups attached to an aromatic ring is 1. The van der Waals surface area contributed by atoms with E-state index in [4.69, 9.17) is 5.73 Å². The Morgan fingerprint density at radius 2 is 2.00 bits per heavy atom. The molecule has 1 aromatic carbocycles. The molecule has 0 aliphatic carbocycles. The topological polar surface area (TPSA) is 72.9 Å².